The van der Waals surface area contributed by atoms with E-state index in [0.717, 1.165) is 5.56 Å². The maximum Gasteiger partial charge on any atom is 0.306 e. The summed E-state index contributed by atoms with van der Waals surface area (Å²) in [5.41, 5.74) is 1.98. The summed E-state index contributed by atoms with van der Waals surface area (Å²) in [6.07, 6.45) is 1.57. The van der Waals surface area contributed by atoms with E-state index >= 15 is 0 Å². The van der Waals surface area contributed by atoms with Crippen molar-refractivity contribution in [2.24, 2.45) is 0 Å². The Bertz CT molecular complexity index is 635. The van der Waals surface area contributed by atoms with E-state index in [2.05, 4.69) is 5.10 Å². The highest BCUT2D eigenvalue weighted by atomic mass is 32.3. The fraction of sp³-hybridized carbons (Fsp3) is 0.250. The second-order valence-electron chi connectivity index (χ2n) is 4.11. The third kappa shape index (κ3) is 3.40. The molecule has 0 aliphatic heterocycles. The van der Waals surface area contributed by atoms with Crippen molar-refractivity contribution < 1.29 is 12.3 Å². The largest absolute Gasteiger partial charge is 0.306 e. The van der Waals surface area contributed by atoms with Crippen molar-refractivity contribution in [3.05, 3.63) is 53.3 Å². The number of halogens is 1. The van der Waals surface area contributed by atoms with Crippen molar-refractivity contribution in [2.45, 2.75) is 19.2 Å². The molecule has 0 radical (unpaired) electrons. The first kappa shape index (κ1) is 12.8. The molecular formula is C12H13FN2O2S. The van der Waals surface area contributed by atoms with Crippen LogP contribution in [-0.4, -0.2) is 18.2 Å². The van der Waals surface area contributed by atoms with Gasteiger partial charge in [-0.3, -0.25) is 4.68 Å². The lowest BCUT2D eigenvalue weighted by Crippen LogP contribution is -2.00. The molecule has 1 aromatic carbocycles. The highest BCUT2D eigenvalue weighted by molar-refractivity contribution is 7.85. The Kier molecular flexibility index (Phi) is 3.47. The van der Waals surface area contributed by atoms with Crippen molar-refractivity contribution in [2.75, 3.05) is 0 Å². The zero-order valence-electron chi connectivity index (χ0n) is 9.88. The van der Waals surface area contributed by atoms with Gasteiger partial charge in [-0.1, -0.05) is 30.3 Å². The van der Waals surface area contributed by atoms with Crippen LogP contribution >= 0.6 is 0 Å². The minimum absolute atomic E-state index is 0.397. The Hall–Kier alpha value is -1.69. The van der Waals surface area contributed by atoms with E-state index in [-0.39, 0.29) is 0 Å². The van der Waals surface area contributed by atoms with Crippen molar-refractivity contribution >= 4 is 10.2 Å². The molecule has 0 atom stereocenters. The average molecular weight is 268 g/mol. The Morgan fingerprint density at radius 2 is 1.94 bits per heavy atom. The van der Waals surface area contributed by atoms with E-state index in [9.17, 15) is 12.3 Å². The molecule has 0 saturated heterocycles. The van der Waals surface area contributed by atoms with Crippen LogP contribution in [0.4, 0.5) is 3.89 Å². The molecule has 0 amide bonds. The summed E-state index contributed by atoms with van der Waals surface area (Å²) >= 11 is 0. The molecule has 18 heavy (non-hydrogen) atoms. The molecule has 6 heteroatoms. The molecule has 0 saturated carbocycles. The van der Waals surface area contributed by atoms with Crippen LogP contribution in [0.2, 0.25) is 0 Å². The molecular weight excluding hydrogens is 255 g/mol. The Labute approximate surface area is 105 Å². The third-order valence-electron chi connectivity index (χ3n) is 2.56. The van der Waals surface area contributed by atoms with Crippen LogP contribution in [0, 0.1) is 6.92 Å². The predicted molar refractivity (Wildman–Crippen MR) is 66.2 cm³/mol. The predicted octanol–water partition coefficient (Wildman–Crippen LogP) is 2.04. The zero-order chi connectivity index (χ0) is 13.2. The second kappa shape index (κ2) is 4.89. The zero-order valence-corrected chi connectivity index (χ0v) is 10.7. The quantitative estimate of drug-likeness (QED) is 0.797. The molecule has 0 aliphatic carbocycles. The molecule has 1 heterocycles. The highest BCUT2D eigenvalue weighted by Gasteiger charge is 2.14. The number of aromatic nitrogens is 2. The lowest BCUT2D eigenvalue weighted by molar-refractivity contribution is 0.551. The second-order valence-corrected chi connectivity index (χ2v) is 5.47. The number of rotatable bonds is 4. The van der Waals surface area contributed by atoms with Gasteiger partial charge in [0.15, 0.2) is 0 Å². The standard InChI is InChI=1S/C12H13FN2O2S/c1-10-12(9-18(13,16)17)8-15(14-10)7-11-5-3-2-4-6-11/h2-6,8H,7,9H2,1H3. The van der Waals surface area contributed by atoms with Crippen LogP contribution in [-0.2, 0) is 22.5 Å². The molecule has 0 aliphatic rings. The molecule has 0 spiro atoms. The van der Waals surface area contributed by atoms with Gasteiger partial charge in [0.2, 0.25) is 0 Å². The molecule has 4 nitrogen and oxygen atoms in total. The average Bonchev–Trinajstić information content (AvgIpc) is 2.58. The number of hydrogen-bond donors (Lipinski definition) is 0. The molecule has 0 N–H and O–H groups in total. The third-order valence-corrected chi connectivity index (χ3v) is 3.22. The smallest absolute Gasteiger partial charge is 0.268 e. The van der Waals surface area contributed by atoms with Crippen LogP contribution in [0.15, 0.2) is 36.5 Å². The van der Waals surface area contributed by atoms with E-state index in [1.54, 1.807) is 17.8 Å². The first-order valence-electron chi connectivity index (χ1n) is 5.43. The van der Waals surface area contributed by atoms with E-state index in [1.807, 2.05) is 30.3 Å². The highest BCUT2D eigenvalue weighted by Crippen LogP contribution is 2.12. The summed E-state index contributed by atoms with van der Waals surface area (Å²) < 4.78 is 35.5. The molecule has 0 fully saturated rings. The molecule has 0 unspecified atom stereocenters. The van der Waals surface area contributed by atoms with E-state index in [4.69, 9.17) is 0 Å². The van der Waals surface area contributed by atoms with Crippen LogP contribution in [0.1, 0.15) is 16.8 Å². The number of nitrogens with zero attached hydrogens (tertiary/aromatic N) is 2. The lowest BCUT2D eigenvalue weighted by atomic mass is 10.2. The van der Waals surface area contributed by atoms with Gasteiger partial charge < -0.3 is 0 Å². The van der Waals surface area contributed by atoms with Crippen LogP contribution in [0.5, 0.6) is 0 Å². The van der Waals surface area contributed by atoms with Gasteiger partial charge in [-0.15, -0.1) is 3.89 Å². The Balaban J connectivity index is 2.19. The normalized spacial score (nSPS) is 11.7. The van der Waals surface area contributed by atoms with Gasteiger partial charge in [0.1, 0.15) is 5.75 Å². The summed E-state index contributed by atoms with van der Waals surface area (Å²) in [7, 11) is -4.51. The van der Waals surface area contributed by atoms with E-state index in [1.165, 1.54) is 0 Å². The maximum absolute atomic E-state index is 12.6. The summed E-state index contributed by atoms with van der Waals surface area (Å²) in [6, 6.07) is 9.64. The van der Waals surface area contributed by atoms with Crippen molar-refractivity contribution in [3.8, 4) is 0 Å². The first-order chi connectivity index (χ1) is 8.44. The van der Waals surface area contributed by atoms with Gasteiger partial charge in [0, 0.05) is 11.8 Å². The van der Waals surface area contributed by atoms with E-state index in [0.29, 0.717) is 17.8 Å². The summed E-state index contributed by atoms with van der Waals surface area (Å²) in [5, 5.41) is 4.18. The monoisotopic (exact) mass is 268 g/mol. The number of hydrogen-bond acceptors (Lipinski definition) is 3. The molecule has 2 aromatic rings. The fourth-order valence-electron chi connectivity index (χ4n) is 1.74. The van der Waals surface area contributed by atoms with Gasteiger partial charge >= 0.3 is 10.2 Å². The first-order valence-corrected chi connectivity index (χ1v) is 6.98. The van der Waals surface area contributed by atoms with Crippen LogP contribution in [0.25, 0.3) is 0 Å². The van der Waals surface area contributed by atoms with Gasteiger partial charge in [-0.05, 0) is 12.5 Å². The van der Waals surface area contributed by atoms with Gasteiger partial charge in [0.05, 0.1) is 12.2 Å². The topological polar surface area (TPSA) is 52.0 Å². The van der Waals surface area contributed by atoms with Gasteiger partial charge in [-0.2, -0.15) is 13.5 Å². The summed E-state index contributed by atoms with van der Waals surface area (Å²) in [6.45, 7) is 2.20. The molecule has 0 bridgehead atoms. The molecule has 2 rings (SSSR count). The maximum atomic E-state index is 12.6. The summed E-state index contributed by atoms with van der Waals surface area (Å²) in [5.74, 6) is -0.617. The summed E-state index contributed by atoms with van der Waals surface area (Å²) in [4.78, 5) is 0. The van der Waals surface area contributed by atoms with Gasteiger partial charge in [-0.25, -0.2) is 0 Å². The number of aryl methyl sites for hydroxylation is 1. The lowest BCUT2D eigenvalue weighted by Gasteiger charge is -2.00. The Morgan fingerprint density at radius 3 is 2.56 bits per heavy atom. The van der Waals surface area contributed by atoms with Crippen LogP contribution in [0.3, 0.4) is 0 Å². The Morgan fingerprint density at radius 1 is 1.28 bits per heavy atom. The van der Waals surface area contributed by atoms with Crippen molar-refractivity contribution in [1.82, 2.24) is 9.78 Å². The SMILES string of the molecule is Cc1nn(Cc2ccccc2)cc1CS(=O)(=O)F. The fourth-order valence-corrected chi connectivity index (χ4v) is 2.39. The minimum atomic E-state index is -4.51. The van der Waals surface area contributed by atoms with E-state index < -0.39 is 16.0 Å². The van der Waals surface area contributed by atoms with Crippen molar-refractivity contribution in [1.29, 1.82) is 0 Å². The molecule has 1 aromatic heterocycles. The van der Waals surface area contributed by atoms with Gasteiger partial charge in [0.25, 0.3) is 0 Å². The minimum Gasteiger partial charge on any atom is -0.268 e. The van der Waals surface area contributed by atoms with Crippen molar-refractivity contribution in [3.63, 3.8) is 0 Å². The molecule has 96 valence electrons. The van der Waals surface area contributed by atoms with Crippen LogP contribution < -0.4 is 0 Å². The number of benzene rings is 1.